The fourth-order valence-electron chi connectivity index (χ4n) is 2.95. The lowest BCUT2D eigenvalue weighted by molar-refractivity contribution is 0.284. The summed E-state index contributed by atoms with van der Waals surface area (Å²) in [6.07, 6.45) is 3.03. The highest BCUT2D eigenvalue weighted by Gasteiger charge is 2.15. The number of hydrogen-bond acceptors (Lipinski definition) is 3. The first-order chi connectivity index (χ1) is 13.3. The van der Waals surface area contributed by atoms with Crippen molar-refractivity contribution in [2.75, 3.05) is 0 Å². The molecule has 0 fully saturated rings. The van der Waals surface area contributed by atoms with Gasteiger partial charge in [0.15, 0.2) is 0 Å². The molecule has 0 atom stereocenters. The van der Waals surface area contributed by atoms with Crippen LogP contribution in [0, 0.1) is 6.42 Å². The molecule has 0 aromatic heterocycles. The molecule has 0 aliphatic heterocycles. The van der Waals surface area contributed by atoms with E-state index in [1.54, 1.807) is 0 Å². The second kappa shape index (κ2) is 9.79. The maximum atomic E-state index is 6.20. The van der Waals surface area contributed by atoms with Crippen LogP contribution in [0.25, 0.3) is 0 Å². The van der Waals surface area contributed by atoms with Crippen LogP contribution in [-0.4, -0.2) is 0 Å². The Balaban J connectivity index is 1.84. The van der Waals surface area contributed by atoms with E-state index in [2.05, 4.69) is 37.6 Å². The fraction of sp³-hybridized carbons (Fsp3) is 0.208. The zero-order valence-corrected chi connectivity index (χ0v) is 15.7. The molecular formula is C24H26NO2. The molecule has 3 rings (SSSR count). The summed E-state index contributed by atoms with van der Waals surface area (Å²) in [5.74, 6) is 1.63. The summed E-state index contributed by atoms with van der Waals surface area (Å²) in [6.45, 7) is 3.55. The lowest BCUT2D eigenvalue weighted by Gasteiger charge is -2.19. The van der Waals surface area contributed by atoms with Crippen molar-refractivity contribution in [3.8, 4) is 11.5 Å². The van der Waals surface area contributed by atoms with E-state index in [1.807, 2.05) is 48.5 Å². The molecule has 3 aromatic carbocycles. The fourth-order valence-corrected chi connectivity index (χ4v) is 2.95. The van der Waals surface area contributed by atoms with Crippen molar-refractivity contribution in [1.82, 2.24) is 0 Å². The molecule has 3 heteroatoms. The predicted molar refractivity (Wildman–Crippen MR) is 110 cm³/mol. The zero-order chi connectivity index (χ0) is 18.9. The Morgan fingerprint density at radius 3 is 1.93 bits per heavy atom. The van der Waals surface area contributed by atoms with Crippen LogP contribution in [0.5, 0.6) is 11.5 Å². The molecule has 139 valence electrons. The minimum absolute atomic E-state index is 0.424. The molecule has 0 saturated heterocycles. The first-order valence-corrected chi connectivity index (χ1v) is 9.34. The van der Waals surface area contributed by atoms with Gasteiger partial charge in [-0.25, -0.2) is 0 Å². The predicted octanol–water partition coefficient (Wildman–Crippen LogP) is 5.27. The molecular weight excluding hydrogens is 334 g/mol. The van der Waals surface area contributed by atoms with Crippen LogP contribution in [0.2, 0.25) is 0 Å². The van der Waals surface area contributed by atoms with Crippen molar-refractivity contribution in [2.45, 2.75) is 33.1 Å². The summed E-state index contributed by atoms with van der Waals surface area (Å²) >= 11 is 0. The highest BCUT2D eigenvalue weighted by atomic mass is 16.5. The minimum atomic E-state index is 0.424. The summed E-state index contributed by atoms with van der Waals surface area (Å²) < 4.78 is 12.3. The summed E-state index contributed by atoms with van der Waals surface area (Å²) in [6, 6.07) is 24.3. The largest absolute Gasteiger partial charge is 0.488 e. The number of ether oxygens (including phenoxy) is 2. The van der Waals surface area contributed by atoms with Crippen molar-refractivity contribution < 1.29 is 9.47 Å². The molecule has 0 amide bonds. The molecule has 0 spiro atoms. The third kappa shape index (κ3) is 5.11. The number of benzene rings is 3. The van der Waals surface area contributed by atoms with Crippen molar-refractivity contribution in [3.05, 3.63) is 101 Å². The van der Waals surface area contributed by atoms with E-state index in [9.17, 15) is 0 Å². The van der Waals surface area contributed by atoms with Gasteiger partial charge in [0, 0.05) is 17.7 Å². The topological polar surface area (TPSA) is 44.5 Å². The second-order valence-corrected chi connectivity index (χ2v) is 6.33. The summed E-state index contributed by atoms with van der Waals surface area (Å²) in [7, 11) is 0. The number of rotatable bonds is 9. The van der Waals surface area contributed by atoms with Gasteiger partial charge in [0.25, 0.3) is 0 Å². The first kappa shape index (κ1) is 19.0. The quantitative estimate of drug-likeness (QED) is 0.566. The van der Waals surface area contributed by atoms with E-state index in [0.29, 0.717) is 19.8 Å². The van der Waals surface area contributed by atoms with Gasteiger partial charge in [-0.3, -0.25) is 0 Å². The average Bonchev–Trinajstić information content (AvgIpc) is 2.73. The van der Waals surface area contributed by atoms with Gasteiger partial charge in [-0.1, -0.05) is 73.7 Å². The highest BCUT2D eigenvalue weighted by molar-refractivity contribution is 5.54. The second-order valence-electron chi connectivity index (χ2n) is 6.33. The lowest BCUT2D eigenvalue weighted by atomic mass is 10.0. The molecule has 0 unspecified atom stereocenters. The smallest absolute Gasteiger partial charge is 0.131 e. The van der Waals surface area contributed by atoms with Crippen LogP contribution < -0.4 is 15.2 Å². The maximum Gasteiger partial charge on any atom is 0.131 e. The van der Waals surface area contributed by atoms with Gasteiger partial charge in [0.1, 0.15) is 24.7 Å². The third-order valence-corrected chi connectivity index (χ3v) is 4.33. The van der Waals surface area contributed by atoms with Gasteiger partial charge >= 0.3 is 0 Å². The van der Waals surface area contributed by atoms with Crippen molar-refractivity contribution >= 4 is 0 Å². The molecule has 1 radical (unpaired) electrons. The number of hydrogen-bond donors (Lipinski definition) is 1. The Morgan fingerprint density at radius 2 is 1.37 bits per heavy atom. The molecule has 0 bridgehead atoms. The minimum Gasteiger partial charge on any atom is -0.488 e. The van der Waals surface area contributed by atoms with Gasteiger partial charge in [-0.05, 0) is 30.0 Å². The molecule has 0 aliphatic carbocycles. The monoisotopic (exact) mass is 360 g/mol. The van der Waals surface area contributed by atoms with Gasteiger partial charge in [-0.2, -0.15) is 0 Å². The van der Waals surface area contributed by atoms with Crippen LogP contribution in [0.3, 0.4) is 0 Å². The van der Waals surface area contributed by atoms with Gasteiger partial charge < -0.3 is 15.2 Å². The molecule has 3 nitrogen and oxygen atoms in total. The molecule has 27 heavy (non-hydrogen) atoms. The lowest BCUT2D eigenvalue weighted by Crippen LogP contribution is -2.07. The Hall–Kier alpha value is -2.78. The van der Waals surface area contributed by atoms with E-state index < -0.39 is 0 Å². The SMILES string of the molecule is CC[CH]c1c(OCc2ccccc2)ccc(CN)c1OCc1ccccc1. The summed E-state index contributed by atoms with van der Waals surface area (Å²) in [5.41, 5.74) is 10.2. The van der Waals surface area contributed by atoms with E-state index in [1.165, 1.54) is 0 Å². The van der Waals surface area contributed by atoms with E-state index in [0.717, 1.165) is 40.2 Å². The Labute approximate surface area is 161 Å². The standard InChI is InChI=1S/C24H26NO2/c1-2-9-22-23(26-17-19-10-5-3-6-11-19)15-14-21(16-25)24(22)27-18-20-12-7-4-8-13-20/h3-15H,2,16-18,25H2,1H3. The highest BCUT2D eigenvalue weighted by Crippen LogP contribution is 2.35. The van der Waals surface area contributed by atoms with E-state index in [-0.39, 0.29) is 0 Å². The van der Waals surface area contributed by atoms with Crippen LogP contribution in [-0.2, 0) is 19.8 Å². The molecule has 0 saturated carbocycles. The van der Waals surface area contributed by atoms with Crippen molar-refractivity contribution in [3.63, 3.8) is 0 Å². The third-order valence-electron chi connectivity index (χ3n) is 4.33. The summed E-state index contributed by atoms with van der Waals surface area (Å²) in [4.78, 5) is 0. The zero-order valence-electron chi connectivity index (χ0n) is 15.7. The Bertz CT molecular complexity index is 832. The Kier molecular flexibility index (Phi) is 6.89. The van der Waals surface area contributed by atoms with E-state index >= 15 is 0 Å². The molecule has 3 aromatic rings. The molecule has 2 N–H and O–H groups in total. The van der Waals surface area contributed by atoms with Crippen LogP contribution >= 0.6 is 0 Å². The Morgan fingerprint density at radius 1 is 0.778 bits per heavy atom. The van der Waals surface area contributed by atoms with Gasteiger partial charge in [0.2, 0.25) is 0 Å². The first-order valence-electron chi connectivity index (χ1n) is 9.34. The van der Waals surface area contributed by atoms with Crippen LogP contribution in [0.15, 0.2) is 72.8 Å². The van der Waals surface area contributed by atoms with Crippen molar-refractivity contribution in [1.29, 1.82) is 0 Å². The van der Waals surface area contributed by atoms with Gasteiger partial charge in [-0.15, -0.1) is 0 Å². The average molecular weight is 360 g/mol. The number of nitrogens with two attached hydrogens (primary N) is 1. The van der Waals surface area contributed by atoms with Crippen molar-refractivity contribution in [2.24, 2.45) is 5.73 Å². The molecule has 0 heterocycles. The van der Waals surface area contributed by atoms with E-state index in [4.69, 9.17) is 15.2 Å². The maximum absolute atomic E-state index is 6.20. The summed E-state index contributed by atoms with van der Waals surface area (Å²) in [5, 5.41) is 0. The van der Waals surface area contributed by atoms with Gasteiger partial charge in [0.05, 0.1) is 0 Å². The van der Waals surface area contributed by atoms with Crippen LogP contribution in [0.4, 0.5) is 0 Å². The molecule has 0 aliphatic rings. The normalized spacial score (nSPS) is 10.6. The van der Waals surface area contributed by atoms with Crippen LogP contribution in [0.1, 0.15) is 35.6 Å².